The molecule has 0 aliphatic carbocycles. The van der Waals surface area contributed by atoms with Gasteiger partial charge in [0.25, 0.3) is 5.91 Å². The van der Waals surface area contributed by atoms with Crippen LogP contribution in [0.25, 0.3) is 0 Å². The number of nitrogens with two attached hydrogens (primary N) is 1. The Kier molecular flexibility index (Phi) is 4.91. The first-order valence-electron chi connectivity index (χ1n) is 6.47. The van der Waals surface area contributed by atoms with E-state index in [4.69, 9.17) is 15.7 Å². The zero-order chi connectivity index (χ0) is 15.1. The van der Waals surface area contributed by atoms with Gasteiger partial charge in [0.2, 0.25) is 0 Å². The van der Waals surface area contributed by atoms with Gasteiger partial charge in [0.05, 0.1) is 11.6 Å². The summed E-state index contributed by atoms with van der Waals surface area (Å²) >= 11 is 0. The van der Waals surface area contributed by atoms with Gasteiger partial charge in [-0.15, -0.1) is 0 Å². The molecule has 106 valence electrons. The molecule has 3 N–H and O–H groups in total. The number of nitriles is 1. The number of carbonyl (C=O) groups excluding carboxylic acids is 1. The molecule has 0 unspecified atom stereocenters. The number of ether oxygens (including phenoxy) is 1. The summed E-state index contributed by atoms with van der Waals surface area (Å²) in [6.45, 7) is 0.846. The van der Waals surface area contributed by atoms with Crippen LogP contribution in [0.4, 0.5) is 5.69 Å². The van der Waals surface area contributed by atoms with Gasteiger partial charge >= 0.3 is 0 Å². The third-order valence-electron chi connectivity index (χ3n) is 2.73. The van der Waals surface area contributed by atoms with Crippen molar-refractivity contribution in [2.45, 2.75) is 0 Å². The molecule has 5 heteroatoms. The number of amides is 1. The van der Waals surface area contributed by atoms with Crippen LogP contribution in [0.2, 0.25) is 0 Å². The summed E-state index contributed by atoms with van der Waals surface area (Å²) in [4.78, 5) is 12.1. The molecule has 2 aromatic rings. The molecule has 0 fully saturated rings. The summed E-state index contributed by atoms with van der Waals surface area (Å²) < 4.78 is 5.40. The Labute approximate surface area is 123 Å². The Balaban J connectivity index is 2.10. The molecule has 0 aliphatic rings. The van der Waals surface area contributed by atoms with Gasteiger partial charge < -0.3 is 15.8 Å². The molecule has 5 nitrogen and oxygen atoms in total. The zero-order valence-corrected chi connectivity index (χ0v) is 11.4. The van der Waals surface area contributed by atoms with E-state index in [1.54, 1.807) is 48.5 Å². The second kappa shape index (κ2) is 7.08. The molecule has 1 amide bonds. The lowest BCUT2D eigenvalue weighted by atomic mass is 10.1. The highest BCUT2D eigenvalue weighted by Gasteiger charge is 2.07. The van der Waals surface area contributed by atoms with E-state index >= 15 is 0 Å². The van der Waals surface area contributed by atoms with Crippen LogP contribution < -0.4 is 15.8 Å². The lowest BCUT2D eigenvalue weighted by Crippen LogP contribution is -2.13. The van der Waals surface area contributed by atoms with E-state index in [-0.39, 0.29) is 5.91 Å². The van der Waals surface area contributed by atoms with Gasteiger partial charge in [-0.1, -0.05) is 12.1 Å². The fraction of sp³-hybridized carbons (Fsp3) is 0.125. The van der Waals surface area contributed by atoms with Crippen molar-refractivity contribution in [3.63, 3.8) is 0 Å². The van der Waals surface area contributed by atoms with Crippen LogP contribution in [-0.2, 0) is 0 Å². The van der Waals surface area contributed by atoms with Crippen molar-refractivity contribution < 1.29 is 9.53 Å². The Morgan fingerprint density at radius 1 is 1.24 bits per heavy atom. The summed E-state index contributed by atoms with van der Waals surface area (Å²) in [5, 5.41) is 11.6. The predicted octanol–water partition coefficient (Wildman–Crippen LogP) is 2.15. The first-order valence-corrected chi connectivity index (χ1v) is 6.47. The van der Waals surface area contributed by atoms with Crippen LogP contribution in [-0.4, -0.2) is 19.1 Å². The summed E-state index contributed by atoms with van der Waals surface area (Å²) in [6.07, 6.45) is 0. The van der Waals surface area contributed by atoms with E-state index in [0.29, 0.717) is 35.7 Å². The average molecular weight is 281 g/mol. The van der Waals surface area contributed by atoms with Crippen molar-refractivity contribution in [1.82, 2.24) is 0 Å². The highest BCUT2D eigenvalue weighted by Crippen LogP contribution is 2.18. The maximum Gasteiger partial charge on any atom is 0.255 e. The lowest BCUT2D eigenvalue weighted by Gasteiger charge is -2.08. The fourth-order valence-corrected chi connectivity index (χ4v) is 1.77. The minimum atomic E-state index is -0.275. The van der Waals surface area contributed by atoms with E-state index in [1.807, 2.05) is 6.07 Å². The maximum absolute atomic E-state index is 12.1. The Hall–Kier alpha value is -2.84. The average Bonchev–Trinajstić information content (AvgIpc) is 2.53. The van der Waals surface area contributed by atoms with E-state index in [0.717, 1.165) is 0 Å². The van der Waals surface area contributed by atoms with E-state index in [9.17, 15) is 4.79 Å². The van der Waals surface area contributed by atoms with Crippen LogP contribution in [0, 0.1) is 11.3 Å². The van der Waals surface area contributed by atoms with Crippen LogP contribution in [0.1, 0.15) is 15.9 Å². The molecule has 2 rings (SSSR count). The van der Waals surface area contributed by atoms with Crippen LogP contribution in [0.3, 0.4) is 0 Å². The number of carbonyl (C=O) groups is 1. The minimum absolute atomic E-state index is 0.275. The third-order valence-corrected chi connectivity index (χ3v) is 2.73. The van der Waals surface area contributed by atoms with Crippen molar-refractivity contribution in [3.8, 4) is 11.8 Å². The second-order valence-electron chi connectivity index (χ2n) is 4.31. The lowest BCUT2D eigenvalue weighted by molar-refractivity contribution is 0.102. The van der Waals surface area contributed by atoms with E-state index in [1.165, 1.54) is 0 Å². The highest BCUT2D eigenvalue weighted by atomic mass is 16.5. The third kappa shape index (κ3) is 4.06. The van der Waals surface area contributed by atoms with Crippen molar-refractivity contribution in [1.29, 1.82) is 5.26 Å². The van der Waals surface area contributed by atoms with E-state index in [2.05, 4.69) is 5.32 Å². The standard InChI is InChI=1S/C16H15N3O2/c17-7-8-21-15-6-2-5-14(10-15)19-16(20)13-4-1-3-12(9-13)11-18/h1-6,9-10H,7-8,17H2,(H,19,20). The molecule has 0 heterocycles. The predicted molar refractivity (Wildman–Crippen MR) is 80.1 cm³/mol. The van der Waals surface area contributed by atoms with Crippen molar-refractivity contribution in [2.24, 2.45) is 5.73 Å². The normalized spacial score (nSPS) is 9.71. The molecule has 0 bridgehead atoms. The smallest absolute Gasteiger partial charge is 0.255 e. The Morgan fingerprint density at radius 2 is 2.05 bits per heavy atom. The molecule has 0 saturated heterocycles. The van der Waals surface area contributed by atoms with Gasteiger partial charge in [-0.2, -0.15) is 5.26 Å². The number of benzene rings is 2. The summed E-state index contributed by atoms with van der Waals surface area (Å²) in [5.41, 5.74) is 6.88. The SMILES string of the molecule is N#Cc1cccc(C(=O)Nc2cccc(OCCN)c2)c1. The molecule has 0 radical (unpaired) electrons. The van der Waals surface area contributed by atoms with Crippen molar-refractivity contribution in [3.05, 3.63) is 59.7 Å². The molecule has 0 aliphatic heterocycles. The largest absolute Gasteiger partial charge is 0.492 e. The number of nitrogens with one attached hydrogen (secondary N) is 1. The van der Waals surface area contributed by atoms with Gasteiger partial charge in [-0.05, 0) is 30.3 Å². The highest BCUT2D eigenvalue weighted by molar-refractivity contribution is 6.04. The number of nitrogens with zero attached hydrogens (tertiary/aromatic N) is 1. The zero-order valence-electron chi connectivity index (χ0n) is 11.4. The number of rotatable bonds is 5. The number of anilines is 1. The van der Waals surface area contributed by atoms with Gasteiger partial charge in [-0.25, -0.2) is 0 Å². The molecule has 0 atom stereocenters. The Morgan fingerprint density at radius 3 is 2.81 bits per heavy atom. The topological polar surface area (TPSA) is 88.1 Å². The summed E-state index contributed by atoms with van der Waals surface area (Å²) in [6, 6.07) is 15.6. The molecule has 0 spiro atoms. The molecular weight excluding hydrogens is 266 g/mol. The van der Waals surface area contributed by atoms with Crippen molar-refractivity contribution in [2.75, 3.05) is 18.5 Å². The summed E-state index contributed by atoms with van der Waals surface area (Å²) in [7, 11) is 0. The number of hydrogen-bond donors (Lipinski definition) is 2. The molecule has 21 heavy (non-hydrogen) atoms. The number of hydrogen-bond acceptors (Lipinski definition) is 4. The van der Waals surface area contributed by atoms with Crippen molar-refractivity contribution >= 4 is 11.6 Å². The first kappa shape index (κ1) is 14.6. The van der Waals surface area contributed by atoms with Gasteiger partial charge in [0.15, 0.2) is 0 Å². The Bertz CT molecular complexity index is 677. The maximum atomic E-state index is 12.1. The second-order valence-corrected chi connectivity index (χ2v) is 4.31. The minimum Gasteiger partial charge on any atom is -0.492 e. The van der Waals surface area contributed by atoms with Gasteiger partial charge in [0.1, 0.15) is 12.4 Å². The molecule has 0 saturated carbocycles. The molecular formula is C16H15N3O2. The van der Waals surface area contributed by atoms with Crippen LogP contribution >= 0.6 is 0 Å². The quantitative estimate of drug-likeness (QED) is 0.879. The van der Waals surface area contributed by atoms with Gasteiger partial charge in [0, 0.05) is 23.9 Å². The van der Waals surface area contributed by atoms with Crippen LogP contribution in [0.15, 0.2) is 48.5 Å². The monoisotopic (exact) mass is 281 g/mol. The first-order chi connectivity index (χ1) is 10.2. The summed E-state index contributed by atoms with van der Waals surface area (Å²) in [5.74, 6) is 0.368. The van der Waals surface area contributed by atoms with Gasteiger partial charge in [-0.3, -0.25) is 4.79 Å². The molecule has 2 aromatic carbocycles. The fourth-order valence-electron chi connectivity index (χ4n) is 1.77. The molecule has 0 aromatic heterocycles. The van der Waals surface area contributed by atoms with Crippen LogP contribution in [0.5, 0.6) is 5.75 Å². The van der Waals surface area contributed by atoms with E-state index < -0.39 is 0 Å².